The maximum atomic E-state index is 11.6. The van der Waals surface area contributed by atoms with Crippen molar-refractivity contribution in [3.63, 3.8) is 0 Å². The summed E-state index contributed by atoms with van der Waals surface area (Å²) >= 11 is 5.68. The van der Waals surface area contributed by atoms with Crippen LogP contribution < -0.4 is 5.32 Å². The molecule has 2 atom stereocenters. The molecular weight excluding hydrogens is 384 g/mol. The Labute approximate surface area is 177 Å². The van der Waals surface area contributed by atoms with Gasteiger partial charge >= 0.3 is 5.97 Å². The molecule has 0 amide bonds. The van der Waals surface area contributed by atoms with Crippen LogP contribution in [0.5, 0.6) is 0 Å². The van der Waals surface area contributed by atoms with E-state index in [0.717, 1.165) is 5.69 Å². The number of ether oxygens (including phenoxy) is 1. The van der Waals surface area contributed by atoms with E-state index >= 15 is 0 Å². The van der Waals surface area contributed by atoms with E-state index in [1.807, 2.05) is 24.4 Å². The van der Waals surface area contributed by atoms with Crippen molar-refractivity contribution in [2.24, 2.45) is 0 Å². The van der Waals surface area contributed by atoms with Crippen molar-refractivity contribution in [2.45, 2.75) is 56.7 Å². The zero-order chi connectivity index (χ0) is 20.2. The first-order valence-electron chi connectivity index (χ1n) is 10.4. The van der Waals surface area contributed by atoms with E-state index in [4.69, 9.17) is 17.0 Å². The van der Waals surface area contributed by atoms with Crippen LogP contribution in [-0.2, 0) is 9.53 Å². The Balaban J connectivity index is 1.59. The van der Waals surface area contributed by atoms with Gasteiger partial charge in [-0.2, -0.15) is 0 Å². The number of nitrogens with one attached hydrogen (secondary N) is 1. The number of esters is 1. The van der Waals surface area contributed by atoms with Crippen LogP contribution in [-0.4, -0.2) is 39.2 Å². The van der Waals surface area contributed by atoms with Crippen molar-refractivity contribution in [1.82, 2.24) is 19.8 Å². The fraction of sp³-hybridized carbons (Fsp3) is 0.500. The normalized spacial score (nSPS) is 22.1. The van der Waals surface area contributed by atoms with Crippen LogP contribution in [0.1, 0.15) is 67.9 Å². The summed E-state index contributed by atoms with van der Waals surface area (Å²) in [6.07, 6.45) is 12.5. The molecule has 7 heteroatoms. The van der Waals surface area contributed by atoms with Crippen LogP contribution in [0.4, 0.5) is 0 Å². The summed E-state index contributed by atoms with van der Waals surface area (Å²) in [6.45, 7) is 0.698. The molecule has 2 fully saturated rings. The number of rotatable bonds is 7. The van der Waals surface area contributed by atoms with Crippen molar-refractivity contribution in [3.05, 3.63) is 54.1 Å². The lowest BCUT2D eigenvalue weighted by Crippen LogP contribution is -2.30. The highest BCUT2D eigenvalue weighted by Crippen LogP contribution is 2.40. The van der Waals surface area contributed by atoms with E-state index in [-0.39, 0.29) is 18.1 Å². The third-order valence-electron chi connectivity index (χ3n) is 6.03. The van der Waals surface area contributed by atoms with Crippen molar-refractivity contribution in [2.75, 3.05) is 13.7 Å². The summed E-state index contributed by atoms with van der Waals surface area (Å²) < 4.78 is 7.15. The van der Waals surface area contributed by atoms with Crippen LogP contribution in [0.2, 0.25) is 0 Å². The van der Waals surface area contributed by atoms with Gasteiger partial charge in [-0.1, -0.05) is 18.9 Å². The van der Waals surface area contributed by atoms with Gasteiger partial charge < -0.3 is 19.5 Å². The van der Waals surface area contributed by atoms with Gasteiger partial charge in [0.1, 0.15) is 0 Å². The predicted octanol–water partition coefficient (Wildman–Crippen LogP) is 3.92. The van der Waals surface area contributed by atoms with Gasteiger partial charge in [-0.3, -0.25) is 9.78 Å². The minimum absolute atomic E-state index is 0.0127. The summed E-state index contributed by atoms with van der Waals surface area (Å²) in [6, 6.07) is 8.83. The Morgan fingerprint density at radius 3 is 2.86 bits per heavy atom. The number of aromatic nitrogens is 2. The van der Waals surface area contributed by atoms with E-state index in [2.05, 4.69) is 38.2 Å². The van der Waals surface area contributed by atoms with Crippen molar-refractivity contribution < 1.29 is 9.53 Å². The second kappa shape index (κ2) is 8.95. The molecule has 6 nitrogen and oxygen atoms in total. The quantitative estimate of drug-likeness (QED) is 0.549. The first-order valence-corrected chi connectivity index (χ1v) is 10.8. The van der Waals surface area contributed by atoms with E-state index in [0.29, 0.717) is 30.5 Å². The van der Waals surface area contributed by atoms with Crippen molar-refractivity contribution in [1.29, 1.82) is 0 Å². The van der Waals surface area contributed by atoms with Crippen LogP contribution in [0.25, 0.3) is 0 Å². The summed E-state index contributed by atoms with van der Waals surface area (Å²) in [7, 11) is 1.43. The average molecular weight is 413 g/mol. The molecule has 0 bridgehead atoms. The van der Waals surface area contributed by atoms with Crippen LogP contribution in [0, 0.1) is 0 Å². The number of methoxy groups -OCH3 is 1. The molecular formula is C22H28N4O2S. The van der Waals surface area contributed by atoms with Crippen molar-refractivity contribution in [3.8, 4) is 0 Å². The monoisotopic (exact) mass is 412 g/mol. The van der Waals surface area contributed by atoms with Gasteiger partial charge in [0, 0.05) is 37.6 Å². The minimum atomic E-state index is -0.187. The van der Waals surface area contributed by atoms with E-state index in [1.54, 1.807) is 0 Å². The Hall–Kier alpha value is -2.41. The highest BCUT2D eigenvalue weighted by molar-refractivity contribution is 7.80. The Morgan fingerprint density at radius 2 is 2.14 bits per heavy atom. The van der Waals surface area contributed by atoms with E-state index in [9.17, 15) is 4.79 Å². The van der Waals surface area contributed by atoms with Crippen LogP contribution >= 0.6 is 12.2 Å². The van der Waals surface area contributed by atoms with Crippen LogP contribution in [0.15, 0.2) is 42.9 Å². The molecule has 0 spiro atoms. The van der Waals surface area contributed by atoms with Gasteiger partial charge in [-0.15, -0.1) is 0 Å². The third-order valence-corrected chi connectivity index (χ3v) is 6.38. The SMILES string of the molecule is COC(=O)CCCN1C(=S)N[C@H](c2ccccn2)[C@@H]1c1ccn(C2CCCC2)c1. The van der Waals surface area contributed by atoms with Gasteiger partial charge in [-0.05, 0) is 55.2 Å². The summed E-state index contributed by atoms with van der Waals surface area (Å²) in [5.41, 5.74) is 2.21. The molecule has 1 aliphatic carbocycles. The molecule has 0 radical (unpaired) electrons. The fourth-order valence-corrected chi connectivity index (χ4v) is 4.87. The Kier molecular flexibility index (Phi) is 6.13. The molecule has 4 rings (SSSR count). The maximum absolute atomic E-state index is 11.6. The Morgan fingerprint density at radius 1 is 1.31 bits per heavy atom. The number of pyridine rings is 1. The second-order valence-electron chi connectivity index (χ2n) is 7.83. The summed E-state index contributed by atoms with van der Waals surface area (Å²) in [5, 5.41) is 4.18. The summed E-state index contributed by atoms with van der Waals surface area (Å²) in [5.74, 6) is -0.187. The molecule has 2 aromatic rings. The number of hydrogen-bond donors (Lipinski definition) is 1. The number of carbonyl (C=O) groups excluding carboxylic acids is 1. The molecule has 0 aromatic carbocycles. The number of hydrogen-bond acceptors (Lipinski definition) is 4. The van der Waals surface area contributed by atoms with Gasteiger partial charge in [-0.25, -0.2) is 0 Å². The molecule has 2 aromatic heterocycles. The van der Waals surface area contributed by atoms with Gasteiger partial charge in [0.2, 0.25) is 0 Å². The molecule has 1 saturated carbocycles. The van der Waals surface area contributed by atoms with Gasteiger partial charge in [0.25, 0.3) is 0 Å². The highest BCUT2D eigenvalue weighted by atomic mass is 32.1. The minimum Gasteiger partial charge on any atom is -0.469 e. The zero-order valence-electron chi connectivity index (χ0n) is 16.8. The lowest BCUT2D eigenvalue weighted by molar-refractivity contribution is -0.140. The lowest BCUT2D eigenvalue weighted by Gasteiger charge is -2.27. The molecule has 1 aliphatic heterocycles. The average Bonchev–Trinajstić information content (AvgIpc) is 3.48. The molecule has 1 N–H and O–H groups in total. The molecule has 29 heavy (non-hydrogen) atoms. The first kappa shape index (κ1) is 19.9. The smallest absolute Gasteiger partial charge is 0.305 e. The second-order valence-corrected chi connectivity index (χ2v) is 8.22. The number of nitrogens with zero attached hydrogens (tertiary/aromatic N) is 3. The van der Waals surface area contributed by atoms with Gasteiger partial charge in [0.15, 0.2) is 5.11 Å². The molecule has 0 unspecified atom stereocenters. The molecule has 3 heterocycles. The summed E-state index contributed by atoms with van der Waals surface area (Å²) in [4.78, 5) is 18.3. The van der Waals surface area contributed by atoms with E-state index in [1.165, 1.54) is 38.4 Å². The maximum Gasteiger partial charge on any atom is 0.305 e. The van der Waals surface area contributed by atoms with Crippen molar-refractivity contribution >= 4 is 23.3 Å². The standard InChI is InChI=1S/C22H28N4O2S/c1-28-19(27)10-6-13-26-21(16-11-14-25(15-16)17-7-2-3-8-17)20(24-22(26)29)18-9-4-5-12-23-18/h4-5,9,11-12,14-15,17,20-21H,2-3,6-8,10,13H2,1H3,(H,24,29)/t20-,21+/m1/s1. The molecule has 1 saturated heterocycles. The van der Waals surface area contributed by atoms with Gasteiger partial charge in [0.05, 0.1) is 24.9 Å². The number of carbonyl (C=O) groups is 1. The Bertz CT molecular complexity index is 848. The third kappa shape index (κ3) is 4.29. The molecule has 154 valence electrons. The molecule has 2 aliphatic rings. The highest BCUT2D eigenvalue weighted by Gasteiger charge is 2.40. The number of thiocarbonyl (C=S) groups is 1. The van der Waals surface area contributed by atoms with Crippen LogP contribution in [0.3, 0.4) is 0 Å². The topological polar surface area (TPSA) is 59.4 Å². The largest absolute Gasteiger partial charge is 0.469 e. The fourth-order valence-electron chi connectivity index (χ4n) is 4.54. The predicted molar refractivity (Wildman–Crippen MR) is 115 cm³/mol. The first-order chi connectivity index (χ1) is 14.2. The lowest BCUT2D eigenvalue weighted by atomic mass is 9.99. The van der Waals surface area contributed by atoms with E-state index < -0.39 is 0 Å². The zero-order valence-corrected chi connectivity index (χ0v) is 17.6.